The lowest BCUT2D eigenvalue weighted by molar-refractivity contribution is -0.445. The number of fused-ring (bicyclic) bond motifs is 1. The first-order chi connectivity index (χ1) is 17.3. The smallest absolute Gasteiger partial charge is 0.229 e. The van der Waals surface area contributed by atoms with E-state index in [4.69, 9.17) is 36.4 Å². The Labute approximate surface area is 217 Å². The maximum absolute atomic E-state index is 9.62. The number of methoxy groups -OCH3 is 1. The number of para-hydroxylation sites is 2. The van der Waals surface area contributed by atoms with Crippen LogP contribution >= 0.6 is 23.5 Å². The van der Waals surface area contributed by atoms with Gasteiger partial charge < -0.3 is 14.8 Å². The highest BCUT2D eigenvalue weighted by Gasteiger charge is 2.12. The number of alkyl halides is 2. The van der Waals surface area contributed by atoms with Crippen LogP contribution < -0.4 is 14.8 Å². The van der Waals surface area contributed by atoms with Gasteiger partial charge in [0.2, 0.25) is 6.93 Å². The Morgan fingerprint density at radius 1 is 1.22 bits per heavy atom. The quantitative estimate of drug-likeness (QED) is 0.132. The van der Waals surface area contributed by atoms with Crippen molar-refractivity contribution < 1.29 is 18.4 Å². The Morgan fingerprint density at radius 3 is 2.33 bits per heavy atom. The largest absolute Gasteiger partial charge is 0.497 e. The first kappa shape index (κ1) is 30.3. The molecule has 3 rings (SSSR count). The van der Waals surface area contributed by atoms with Crippen LogP contribution in [0.15, 0.2) is 78.3 Å². The molecule has 0 unspecified atom stereocenters. The molecule has 0 radical (unpaired) electrons. The molecule has 0 bridgehead atoms. The summed E-state index contributed by atoms with van der Waals surface area (Å²) in [5.41, 5.74) is 2.24. The topological polar surface area (TPSA) is 102 Å². The van der Waals surface area contributed by atoms with Gasteiger partial charge in [0.05, 0.1) is 28.9 Å². The molecule has 0 fully saturated rings. The molecule has 36 heavy (non-hydrogen) atoms. The number of nitro groups is 1. The number of nitrogens with one attached hydrogen (secondary N) is 2. The van der Waals surface area contributed by atoms with Gasteiger partial charge in [-0.25, -0.2) is 18.7 Å². The predicted molar refractivity (Wildman–Crippen MR) is 145 cm³/mol. The Hall–Kier alpha value is -3.70. The van der Waals surface area contributed by atoms with E-state index in [1.807, 2.05) is 55.5 Å². The molecule has 192 valence electrons. The zero-order valence-electron chi connectivity index (χ0n) is 19.9. The fourth-order valence-corrected chi connectivity index (χ4v) is 3.21. The molecule has 1 aromatic heterocycles. The summed E-state index contributed by atoms with van der Waals surface area (Å²) in [5.74, 6) is 1.83. The molecule has 0 saturated carbocycles. The number of aromatic nitrogens is 2. The van der Waals surface area contributed by atoms with Gasteiger partial charge in [-0.3, -0.25) is 10.1 Å². The average molecular weight is 538 g/mol. The third-order valence-corrected chi connectivity index (χ3v) is 5.08. The van der Waals surface area contributed by atoms with Crippen molar-refractivity contribution in [1.29, 1.82) is 0 Å². The second-order valence-corrected chi connectivity index (χ2v) is 7.71. The number of anilines is 3. The van der Waals surface area contributed by atoms with Gasteiger partial charge in [-0.05, 0) is 49.2 Å². The second kappa shape index (κ2) is 16.8. The van der Waals surface area contributed by atoms with Gasteiger partial charge in [-0.1, -0.05) is 48.5 Å². The van der Waals surface area contributed by atoms with E-state index in [0.29, 0.717) is 28.1 Å². The maximum atomic E-state index is 9.62. The van der Waals surface area contributed by atoms with Crippen molar-refractivity contribution in [3.05, 3.63) is 93.4 Å². The highest BCUT2D eigenvalue weighted by atomic mass is 35.5. The summed E-state index contributed by atoms with van der Waals surface area (Å²) in [6.45, 7) is 4.06. The van der Waals surface area contributed by atoms with E-state index < -0.39 is 11.9 Å². The molecule has 0 spiro atoms. The lowest BCUT2D eigenvalue weighted by Gasteiger charge is -2.14. The van der Waals surface area contributed by atoms with Crippen LogP contribution in [-0.4, -0.2) is 36.0 Å². The van der Waals surface area contributed by atoms with Crippen molar-refractivity contribution in [3.63, 3.8) is 0 Å². The summed E-state index contributed by atoms with van der Waals surface area (Å²) in [6, 6.07) is 13.1. The van der Waals surface area contributed by atoms with Crippen LogP contribution in [0.4, 0.5) is 26.1 Å². The Kier molecular flexibility index (Phi) is 14.2. The van der Waals surface area contributed by atoms with E-state index in [9.17, 15) is 8.78 Å². The van der Waals surface area contributed by atoms with Crippen LogP contribution in [0.2, 0.25) is 5.02 Å². The van der Waals surface area contributed by atoms with Gasteiger partial charge in [0.15, 0.2) is 18.7 Å². The minimum absolute atomic E-state index is 0.500. The van der Waals surface area contributed by atoms with Crippen LogP contribution in [0.25, 0.3) is 11.0 Å². The summed E-state index contributed by atoms with van der Waals surface area (Å²) in [7, 11) is 2.50. The van der Waals surface area contributed by atoms with E-state index in [-0.39, 0.29) is 0 Å². The minimum Gasteiger partial charge on any atom is -0.497 e. The highest BCUT2D eigenvalue weighted by molar-refractivity contribution is 8.04. The number of benzene rings is 2. The van der Waals surface area contributed by atoms with Gasteiger partial charge in [0, 0.05) is 15.9 Å². The van der Waals surface area contributed by atoms with Crippen molar-refractivity contribution in [2.24, 2.45) is 0 Å². The van der Waals surface area contributed by atoms with E-state index >= 15 is 0 Å². The first-order valence-electron chi connectivity index (χ1n) is 10.2. The summed E-state index contributed by atoms with van der Waals surface area (Å²) in [6.07, 6.45) is 7.65. The number of rotatable bonds is 8. The molecule has 0 aliphatic rings. The Bertz CT molecular complexity index is 1210. The molecule has 0 aliphatic carbocycles. The molecule has 2 N–H and O–H groups in total. The molecule has 2 aromatic carbocycles. The van der Waals surface area contributed by atoms with Crippen LogP contribution in [0.3, 0.4) is 0 Å². The number of hydrogen-bond acceptors (Lipinski definition) is 8. The summed E-state index contributed by atoms with van der Waals surface area (Å²) < 4.78 is 27.8. The van der Waals surface area contributed by atoms with Crippen LogP contribution in [0, 0.1) is 10.1 Å². The number of allylic oxidation sites excluding steroid dienone is 4. The SMILES string of the molecule is C=C/C(=C\C=C/C)SNc1nc2ccccc2nc1Nc1cc(OC)ccc1Cl.C[N+](=O)[O-].FCF. The monoisotopic (exact) mass is 537 g/mol. The fourth-order valence-electron chi connectivity index (χ4n) is 2.46. The van der Waals surface area contributed by atoms with Gasteiger partial charge in [0.1, 0.15) is 5.75 Å². The summed E-state index contributed by atoms with van der Waals surface area (Å²) >= 11 is 7.76. The van der Waals surface area contributed by atoms with E-state index in [1.165, 1.54) is 11.9 Å². The second-order valence-electron chi connectivity index (χ2n) is 6.42. The molecule has 3 aromatic rings. The van der Waals surface area contributed by atoms with Crippen molar-refractivity contribution in [2.45, 2.75) is 6.92 Å². The van der Waals surface area contributed by atoms with Gasteiger partial charge >= 0.3 is 0 Å². The zero-order chi connectivity index (χ0) is 26.9. The predicted octanol–water partition coefficient (Wildman–Crippen LogP) is 7.52. The van der Waals surface area contributed by atoms with Crippen LogP contribution in [0.1, 0.15) is 6.92 Å². The number of hydrogen-bond donors (Lipinski definition) is 2. The minimum atomic E-state index is -1.75. The molecule has 12 heteroatoms. The number of ether oxygens (including phenoxy) is 1. The van der Waals surface area contributed by atoms with Gasteiger partial charge in [-0.2, -0.15) is 0 Å². The van der Waals surface area contributed by atoms with Crippen molar-refractivity contribution in [1.82, 2.24) is 9.97 Å². The van der Waals surface area contributed by atoms with E-state index in [0.717, 1.165) is 23.0 Å². The van der Waals surface area contributed by atoms with Crippen LogP contribution in [0.5, 0.6) is 5.75 Å². The maximum Gasteiger partial charge on any atom is 0.229 e. The van der Waals surface area contributed by atoms with Crippen molar-refractivity contribution >= 4 is 51.9 Å². The van der Waals surface area contributed by atoms with Crippen LogP contribution in [-0.2, 0) is 0 Å². The Balaban J connectivity index is 0.000000825. The zero-order valence-corrected chi connectivity index (χ0v) is 21.4. The highest BCUT2D eigenvalue weighted by Crippen LogP contribution is 2.33. The standard InChI is InChI=1S/C22H21ClN4OS.CH2F2.CH3NO2/c1-4-6-9-16(5-2)29-27-22-21(24-18-10-7-8-11-19(18)25-22)26-20-14-15(28-3)12-13-17(20)23;2-1-3;1-2(3)4/h4-14H,2H2,1,3H3,(H,24,26)(H,25,27);1H2;1H3/b6-4-,16-9+;;. The normalized spacial score (nSPS) is 10.6. The molecule has 0 atom stereocenters. The lowest BCUT2D eigenvalue weighted by Crippen LogP contribution is -2.03. The first-order valence-corrected chi connectivity index (χ1v) is 11.4. The third-order valence-electron chi connectivity index (χ3n) is 3.92. The molecule has 8 nitrogen and oxygen atoms in total. The van der Waals surface area contributed by atoms with Crippen molar-refractivity contribution in [3.8, 4) is 5.75 Å². The third kappa shape index (κ3) is 10.7. The van der Waals surface area contributed by atoms with E-state index in [1.54, 1.807) is 25.3 Å². The fraction of sp³-hybridized carbons (Fsp3) is 0.167. The molecule has 1 heterocycles. The Morgan fingerprint density at radius 2 is 1.81 bits per heavy atom. The van der Waals surface area contributed by atoms with Crippen molar-refractivity contribution in [2.75, 3.05) is 31.1 Å². The number of halogens is 3. The van der Waals surface area contributed by atoms with Gasteiger partial charge in [-0.15, -0.1) is 0 Å². The summed E-state index contributed by atoms with van der Waals surface area (Å²) in [5, 5.41) is 12.6. The molecular weight excluding hydrogens is 512 g/mol. The van der Waals surface area contributed by atoms with Gasteiger partial charge in [0.25, 0.3) is 0 Å². The molecule has 0 amide bonds. The van der Waals surface area contributed by atoms with E-state index in [2.05, 4.69) is 16.6 Å². The summed E-state index contributed by atoms with van der Waals surface area (Å²) in [4.78, 5) is 18.7. The molecule has 0 aliphatic heterocycles. The molecular formula is C24H26ClF2N5O3S. The average Bonchev–Trinajstić information content (AvgIpc) is 2.85. The number of nitrogens with zero attached hydrogens (tertiary/aromatic N) is 3. The lowest BCUT2D eigenvalue weighted by atomic mass is 10.3. The molecule has 0 saturated heterocycles.